The lowest BCUT2D eigenvalue weighted by Crippen LogP contribution is -2.38. The molecule has 1 aromatic carbocycles. The highest BCUT2D eigenvalue weighted by molar-refractivity contribution is 5.92. The number of aliphatic hydroxyl groups excluding tert-OH is 1. The van der Waals surface area contributed by atoms with E-state index >= 15 is 0 Å². The lowest BCUT2D eigenvalue weighted by atomic mass is 9.93. The van der Waals surface area contributed by atoms with Crippen LogP contribution in [0.5, 0.6) is 5.75 Å². The average molecular weight is 329 g/mol. The zero-order valence-corrected chi connectivity index (χ0v) is 13.8. The fourth-order valence-electron chi connectivity index (χ4n) is 3.01. The number of hydrogen-bond acceptors (Lipinski definition) is 4. The molecule has 0 bridgehead atoms. The summed E-state index contributed by atoms with van der Waals surface area (Å²) in [7, 11) is 1.64. The minimum absolute atomic E-state index is 0.127. The van der Waals surface area contributed by atoms with Gasteiger partial charge in [-0.15, -0.1) is 0 Å². The van der Waals surface area contributed by atoms with Gasteiger partial charge in [-0.2, -0.15) is 5.10 Å². The van der Waals surface area contributed by atoms with Crippen molar-refractivity contribution < 1.29 is 14.6 Å². The SMILES string of the molecule is COc1ccc(Cc2cc(C(=O)NC3CCC(O)CC3)n[nH]2)cc1. The molecule has 3 N–H and O–H groups in total. The van der Waals surface area contributed by atoms with E-state index in [1.54, 1.807) is 13.2 Å². The summed E-state index contributed by atoms with van der Waals surface area (Å²) in [6.45, 7) is 0. The summed E-state index contributed by atoms with van der Waals surface area (Å²) in [5, 5.41) is 19.6. The molecule has 24 heavy (non-hydrogen) atoms. The number of aromatic nitrogens is 2. The van der Waals surface area contributed by atoms with Crippen LogP contribution in [0, 0.1) is 0 Å². The van der Waals surface area contributed by atoms with Gasteiger partial charge in [-0.3, -0.25) is 9.89 Å². The van der Waals surface area contributed by atoms with E-state index in [1.807, 2.05) is 24.3 Å². The van der Waals surface area contributed by atoms with Crippen molar-refractivity contribution in [1.82, 2.24) is 15.5 Å². The van der Waals surface area contributed by atoms with E-state index in [1.165, 1.54) is 0 Å². The Morgan fingerprint density at radius 1 is 1.29 bits per heavy atom. The molecule has 1 fully saturated rings. The second-order valence-corrected chi connectivity index (χ2v) is 6.28. The molecule has 0 saturated heterocycles. The predicted molar refractivity (Wildman–Crippen MR) is 90.1 cm³/mol. The van der Waals surface area contributed by atoms with E-state index in [0.717, 1.165) is 42.7 Å². The number of methoxy groups -OCH3 is 1. The third kappa shape index (κ3) is 4.14. The van der Waals surface area contributed by atoms with Gasteiger partial charge in [-0.1, -0.05) is 12.1 Å². The number of nitrogens with zero attached hydrogens (tertiary/aromatic N) is 1. The van der Waals surface area contributed by atoms with Crippen LogP contribution >= 0.6 is 0 Å². The summed E-state index contributed by atoms with van der Waals surface area (Å²) in [6, 6.07) is 9.73. The maximum Gasteiger partial charge on any atom is 0.271 e. The average Bonchev–Trinajstić information content (AvgIpc) is 3.06. The number of ether oxygens (including phenoxy) is 1. The first-order valence-electron chi connectivity index (χ1n) is 8.30. The Morgan fingerprint density at radius 3 is 2.67 bits per heavy atom. The molecular weight excluding hydrogens is 306 g/mol. The van der Waals surface area contributed by atoms with Crippen LogP contribution in [0.15, 0.2) is 30.3 Å². The van der Waals surface area contributed by atoms with Crippen molar-refractivity contribution >= 4 is 5.91 Å². The van der Waals surface area contributed by atoms with Crippen molar-refractivity contribution in [3.8, 4) is 5.75 Å². The molecule has 0 radical (unpaired) electrons. The molecule has 1 aliphatic rings. The summed E-state index contributed by atoms with van der Waals surface area (Å²) >= 11 is 0. The van der Waals surface area contributed by atoms with Crippen molar-refractivity contribution in [3.63, 3.8) is 0 Å². The van der Waals surface area contributed by atoms with E-state index in [-0.39, 0.29) is 18.1 Å². The van der Waals surface area contributed by atoms with Crippen LogP contribution in [0.3, 0.4) is 0 Å². The first-order valence-corrected chi connectivity index (χ1v) is 8.30. The highest BCUT2D eigenvalue weighted by atomic mass is 16.5. The molecule has 3 rings (SSSR count). The van der Waals surface area contributed by atoms with Crippen molar-refractivity contribution in [2.24, 2.45) is 0 Å². The minimum Gasteiger partial charge on any atom is -0.497 e. The summed E-state index contributed by atoms with van der Waals surface area (Å²) in [5.74, 6) is 0.662. The first kappa shape index (κ1) is 16.5. The molecule has 0 unspecified atom stereocenters. The summed E-state index contributed by atoms with van der Waals surface area (Å²) in [5.41, 5.74) is 2.42. The Morgan fingerprint density at radius 2 is 2.00 bits per heavy atom. The van der Waals surface area contributed by atoms with Crippen LogP contribution in [0.2, 0.25) is 0 Å². The lowest BCUT2D eigenvalue weighted by Gasteiger charge is -2.25. The molecule has 6 nitrogen and oxygen atoms in total. The molecule has 0 aliphatic heterocycles. The maximum absolute atomic E-state index is 12.3. The zero-order chi connectivity index (χ0) is 16.9. The van der Waals surface area contributed by atoms with E-state index in [4.69, 9.17) is 4.74 Å². The Hall–Kier alpha value is -2.34. The standard InChI is InChI=1S/C18H23N3O3/c1-24-16-8-2-12(3-9-16)10-14-11-17(21-20-14)18(23)19-13-4-6-15(22)7-5-13/h2-3,8-9,11,13,15,22H,4-7,10H2,1H3,(H,19,23)(H,20,21). The quantitative estimate of drug-likeness (QED) is 0.783. The third-order valence-electron chi connectivity index (χ3n) is 4.45. The molecule has 0 atom stereocenters. The van der Waals surface area contributed by atoms with Gasteiger partial charge in [0, 0.05) is 18.2 Å². The molecule has 1 aliphatic carbocycles. The molecule has 1 saturated carbocycles. The molecule has 0 spiro atoms. The van der Waals surface area contributed by atoms with Crippen LogP contribution in [0.4, 0.5) is 0 Å². The van der Waals surface area contributed by atoms with Crippen LogP contribution in [-0.2, 0) is 6.42 Å². The number of carbonyl (C=O) groups is 1. The molecule has 1 amide bonds. The topological polar surface area (TPSA) is 87.2 Å². The summed E-state index contributed by atoms with van der Waals surface area (Å²) in [4.78, 5) is 12.3. The highest BCUT2D eigenvalue weighted by Gasteiger charge is 2.22. The van der Waals surface area contributed by atoms with Crippen molar-refractivity contribution in [2.75, 3.05) is 7.11 Å². The van der Waals surface area contributed by atoms with Gasteiger partial charge >= 0.3 is 0 Å². The number of amides is 1. The Kier molecular flexibility index (Phi) is 5.15. The molecule has 128 valence electrons. The van der Waals surface area contributed by atoms with Crippen LogP contribution in [0.1, 0.15) is 47.4 Å². The smallest absolute Gasteiger partial charge is 0.271 e. The van der Waals surface area contributed by atoms with Gasteiger partial charge in [0.25, 0.3) is 5.91 Å². The normalized spacial score (nSPS) is 20.6. The monoisotopic (exact) mass is 329 g/mol. The number of H-pyrrole nitrogens is 1. The van der Waals surface area contributed by atoms with E-state index in [0.29, 0.717) is 12.1 Å². The fraction of sp³-hybridized carbons (Fsp3) is 0.444. The lowest BCUT2D eigenvalue weighted by molar-refractivity contribution is 0.0863. The summed E-state index contributed by atoms with van der Waals surface area (Å²) < 4.78 is 5.14. The second-order valence-electron chi connectivity index (χ2n) is 6.28. The number of carbonyl (C=O) groups excluding carboxylic acids is 1. The van der Waals surface area contributed by atoms with Crippen LogP contribution in [-0.4, -0.2) is 40.5 Å². The molecule has 1 heterocycles. The Labute approximate surface area is 141 Å². The van der Waals surface area contributed by atoms with Crippen LogP contribution < -0.4 is 10.1 Å². The van der Waals surface area contributed by atoms with Gasteiger partial charge in [-0.05, 0) is 49.4 Å². The van der Waals surface area contributed by atoms with Crippen LogP contribution in [0.25, 0.3) is 0 Å². The number of hydrogen-bond donors (Lipinski definition) is 3. The van der Waals surface area contributed by atoms with E-state index in [2.05, 4.69) is 15.5 Å². The molecule has 1 aromatic heterocycles. The molecular formula is C18H23N3O3. The van der Waals surface area contributed by atoms with Gasteiger partial charge < -0.3 is 15.2 Å². The third-order valence-corrected chi connectivity index (χ3v) is 4.45. The van der Waals surface area contributed by atoms with E-state index in [9.17, 15) is 9.90 Å². The van der Waals surface area contributed by atoms with Gasteiger partial charge in [0.2, 0.25) is 0 Å². The minimum atomic E-state index is -0.223. The van der Waals surface area contributed by atoms with Crippen molar-refractivity contribution in [3.05, 3.63) is 47.3 Å². The number of aromatic amines is 1. The molecule has 2 aromatic rings. The van der Waals surface area contributed by atoms with Crippen molar-refractivity contribution in [1.29, 1.82) is 0 Å². The number of aliphatic hydroxyl groups is 1. The van der Waals surface area contributed by atoms with Gasteiger partial charge in [-0.25, -0.2) is 0 Å². The highest BCUT2D eigenvalue weighted by Crippen LogP contribution is 2.19. The summed E-state index contributed by atoms with van der Waals surface area (Å²) in [6.07, 6.45) is 3.58. The van der Waals surface area contributed by atoms with E-state index < -0.39 is 0 Å². The predicted octanol–water partition coefficient (Wildman–Crippen LogP) is 2.04. The maximum atomic E-state index is 12.3. The van der Waals surface area contributed by atoms with Crippen molar-refractivity contribution in [2.45, 2.75) is 44.2 Å². The van der Waals surface area contributed by atoms with Gasteiger partial charge in [0.1, 0.15) is 11.4 Å². The van der Waals surface area contributed by atoms with Gasteiger partial charge in [0.15, 0.2) is 0 Å². The fourth-order valence-corrected chi connectivity index (χ4v) is 3.01. The first-order chi connectivity index (χ1) is 11.6. The number of nitrogens with one attached hydrogen (secondary N) is 2. The Bertz CT molecular complexity index is 673. The Balaban J connectivity index is 1.57. The second kappa shape index (κ2) is 7.49. The number of rotatable bonds is 5. The largest absolute Gasteiger partial charge is 0.497 e. The molecule has 6 heteroatoms. The number of benzene rings is 1. The zero-order valence-electron chi connectivity index (χ0n) is 13.8. The van der Waals surface area contributed by atoms with Gasteiger partial charge in [0.05, 0.1) is 13.2 Å².